The number of nitrogens with zero attached hydrogens (tertiary/aromatic N) is 2. The van der Waals surface area contributed by atoms with Crippen LogP contribution in [0.15, 0.2) is 12.4 Å². The van der Waals surface area contributed by atoms with Crippen LogP contribution in [0.5, 0.6) is 0 Å². The molecular weight excluding hydrogens is 186 g/mol. The Labute approximate surface area is 90.2 Å². The fourth-order valence-corrected chi connectivity index (χ4v) is 2.60. The topological polar surface area (TPSA) is 31.9 Å². The fraction of sp³-hybridized carbons (Fsp3) is 0.583. The highest BCUT2D eigenvalue weighted by molar-refractivity contribution is 5.64. The molecule has 80 valence electrons. The van der Waals surface area contributed by atoms with E-state index in [1.54, 1.807) is 0 Å². The molecule has 0 spiro atoms. The second kappa shape index (κ2) is 3.72. The Morgan fingerprint density at radius 2 is 2.07 bits per heavy atom. The van der Waals surface area contributed by atoms with Gasteiger partial charge in [-0.05, 0) is 32.1 Å². The number of fused-ring (bicyclic) bond motifs is 1. The number of H-pyrrole nitrogens is 1. The normalized spacial score (nSPS) is 21.1. The van der Waals surface area contributed by atoms with Crippen LogP contribution in [0.1, 0.15) is 37.1 Å². The van der Waals surface area contributed by atoms with E-state index >= 15 is 0 Å². The average molecular weight is 203 g/mol. The molecule has 2 aliphatic rings. The van der Waals surface area contributed by atoms with Crippen molar-refractivity contribution in [3.8, 4) is 0 Å². The largest absolute Gasteiger partial charge is 0.370 e. The molecule has 0 unspecified atom stereocenters. The lowest BCUT2D eigenvalue weighted by atomic mass is 10.0. The van der Waals surface area contributed by atoms with Crippen molar-refractivity contribution in [3.63, 3.8) is 0 Å². The summed E-state index contributed by atoms with van der Waals surface area (Å²) in [5.41, 5.74) is 3.89. The monoisotopic (exact) mass is 203 g/mol. The van der Waals surface area contributed by atoms with Crippen molar-refractivity contribution in [2.24, 2.45) is 0 Å². The van der Waals surface area contributed by atoms with Gasteiger partial charge < -0.3 is 9.88 Å². The van der Waals surface area contributed by atoms with E-state index in [1.165, 1.54) is 49.4 Å². The molecule has 0 atom stereocenters. The zero-order chi connectivity index (χ0) is 10.1. The predicted octanol–water partition coefficient (Wildman–Crippen LogP) is 2.18. The number of rotatable bonds is 1. The molecule has 0 radical (unpaired) electrons. The van der Waals surface area contributed by atoms with E-state index in [0.29, 0.717) is 0 Å². The molecule has 0 saturated carbocycles. The van der Waals surface area contributed by atoms with E-state index in [0.717, 1.165) is 12.8 Å². The van der Waals surface area contributed by atoms with Gasteiger partial charge in [0.05, 0.1) is 12.0 Å². The van der Waals surface area contributed by atoms with Gasteiger partial charge in [0.15, 0.2) is 0 Å². The van der Waals surface area contributed by atoms with Gasteiger partial charge in [-0.1, -0.05) is 6.08 Å². The van der Waals surface area contributed by atoms with Crippen molar-refractivity contribution in [1.29, 1.82) is 0 Å². The summed E-state index contributed by atoms with van der Waals surface area (Å²) in [4.78, 5) is 10.2. The number of hydrogen-bond donors (Lipinski definition) is 1. The van der Waals surface area contributed by atoms with Crippen LogP contribution in [0.25, 0.3) is 5.70 Å². The number of hydrogen-bond acceptors (Lipinski definition) is 2. The second-order valence-corrected chi connectivity index (χ2v) is 4.41. The number of aromatic nitrogens is 2. The molecule has 1 fully saturated rings. The minimum atomic E-state index is 1.12. The van der Waals surface area contributed by atoms with Crippen LogP contribution in [-0.4, -0.2) is 28.0 Å². The molecular formula is C12H17N3. The quantitative estimate of drug-likeness (QED) is 0.758. The summed E-state index contributed by atoms with van der Waals surface area (Å²) in [7, 11) is 0. The van der Waals surface area contributed by atoms with Crippen molar-refractivity contribution < 1.29 is 0 Å². The Morgan fingerprint density at radius 3 is 2.93 bits per heavy atom. The van der Waals surface area contributed by atoms with Gasteiger partial charge in [0.25, 0.3) is 0 Å². The fourth-order valence-electron chi connectivity index (χ4n) is 2.60. The lowest BCUT2D eigenvalue weighted by Crippen LogP contribution is -2.29. The van der Waals surface area contributed by atoms with Gasteiger partial charge in [0.2, 0.25) is 0 Å². The number of nitrogens with one attached hydrogen (secondary N) is 1. The molecule has 1 saturated heterocycles. The Hall–Kier alpha value is -1.25. The van der Waals surface area contributed by atoms with E-state index in [9.17, 15) is 0 Å². The van der Waals surface area contributed by atoms with E-state index in [4.69, 9.17) is 0 Å². The van der Waals surface area contributed by atoms with Crippen LogP contribution >= 0.6 is 0 Å². The first-order valence-electron chi connectivity index (χ1n) is 5.93. The van der Waals surface area contributed by atoms with Gasteiger partial charge in [0.1, 0.15) is 5.69 Å². The third-order valence-corrected chi connectivity index (χ3v) is 3.39. The molecule has 3 nitrogen and oxygen atoms in total. The number of piperidine rings is 1. The lowest BCUT2D eigenvalue weighted by molar-refractivity contribution is 0.323. The van der Waals surface area contributed by atoms with Crippen molar-refractivity contribution >= 4 is 5.70 Å². The van der Waals surface area contributed by atoms with Gasteiger partial charge in [-0.2, -0.15) is 0 Å². The minimum Gasteiger partial charge on any atom is -0.370 e. The standard InChI is InChI=1S/C12H17N3/c1-2-7-15(8-3-1)11-6-4-5-10-12(11)14-9-13-10/h6,9H,1-5,7-8H2,(H,13,14). The molecule has 0 bridgehead atoms. The number of imidazole rings is 1. The van der Waals surface area contributed by atoms with Crippen LogP contribution in [0.4, 0.5) is 0 Å². The molecule has 1 N–H and O–H groups in total. The zero-order valence-electron chi connectivity index (χ0n) is 9.00. The molecule has 1 aliphatic heterocycles. The molecule has 3 rings (SSSR count). The Balaban J connectivity index is 1.89. The van der Waals surface area contributed by atoms with E-state index in [1.807, 2.05) is 6.33 Å². The summed E-state index contributed by atoms with van der Waals surface area (Å²) < 4.78 is 0. The highest BCUT2D eigenvalue weighted by Crippen LogP contribution is 2.28. The highest BCUT2D eigenvalue weighted by Gasteiger charge is 2.21. The summed E-state index contributed by atoms with van der Waals surface area (Å²) in [5, 5.41) is 0. The van der Waals surface area contributed by atoms with Gasteiger partial charge in [-0.25, -0.2) is 4.98 Å². The molecule has 1 aromatic heterocycles. The Kier molecular flexibility index (Phi) is 2.24. The molecule has 0 amide bonds. The van der Waals surface area contributed by atoms with Crippen molar-refractivity contribution in [2.75, 3.05) is 13.1 Å². The van der Waals surface area contributed by atoms with E-state index in [2.05, 4.69) is 20.9 Å². The summed E-state index contributed by atoms with van der Waals surface area (Å²) in [6.45, 7) is 2.41. The number of allylic oxidation sites excluding steroid dienone is 1. The molecule has 1 aliphatic carbocycles. The summed E-state index contributed by atoms with van der Waals surface area (Å²) in [6, 6.07) is 0. The van der Waals surface area contributed by atoms with Gasteiger partial charge in [-0.3, -0.25) is 0 Å². The summed E-state index contributed by atoms with van der Waals surface area (Å²) in [6.07, 6.45) is 10.5. The number of aryl methyl sites for hydroxylation is 1. The highest BCUT2D eigenvalue weighted by atomic mass is 15.2. The molecule has 2 heterocycles. The number of aromatic amines is 1. The molecule has 3 heteroatoms. The summed E-state index contributed by atoms with van der Waals surface area (Å²) >= 11 is 0. The first-order chi connectivity index (χ1) is 7.45. The third kappa shape index (κ3) is 1.56. The van der Waals surface area contributed by atoms with Crippen LogP contribution in [0.3, 0.4) is 0 Å². The smallest absolute Gasteiger partial charge is 0.107 e. The maximum Gasteiger partial charge on any atom is 0.107 e. The Morgan fingerprint density at radius 1 is 1.20 bits per heavy atom. The van der Waals surface area contributed by atoms with Gasteiger partial charge in [0, 0.05) is 18.8 Å². The summed E-state index contributed by atoms with van der Waals surface area (Å²) in [5.74, 6) is 0. The van der Waals surface area contributed by atoms with Crippen LogP contribution in [-0.2, 0) is 6.42 Å². The first kappa shape index (κ1) is 9.01. The predicted molar refractivity (Wildman–Crippen MR) is 60.3 cm³/mol. The maximum atomic E-state index is 4.45. The SMILES string of the molecule is C1=C(N2CCCCC2)c2nc[nH]c2CC1. The van der Waals surface area contributed by atoms with E-state index < -0.39 is 0 Å². The third-order valence-electron chi connectivity index (χ3n) is 3.39. The van der Waals surface area contributed by atoms with Gasteiger partial charge in [-0.15, -0.1) is 0 Å². The van der Waals surface area contributed by atoms with Gasteiger partial charge >= 0.3 is 0 Å². The molecule has 1 aromatic rings. The minimum absolute atomic E-state index is 1.12. The zero-order valence-corrected chi connectivity index (χ0v) is 9.00. The molecule has 0 aromatic carbocycles. The maximum absolute atomic E-state index is 4.45. The second-order valence-electron chi connectivity index (χ2n) is 4.41. The van der Waals surface area contributed by atoms with Crippen LogP contribution < -0.4 is 0 Å². The van der Waals surface area contributed by atoms with E-state index in [-0.39, 0.29) is 0 Å². The molecule has 15 heavy (non-hydrogen) atoms. The average Bonchev–Trinajstić information content (AvgIpc) is 2.78. The van der Waals surface area contributed by atoms with Crippen LogP contribution in [0.2, 0.25) is 0 Å². The van der Waals surface area contributed by atoms with Crippen molar-refractivity contribution in [1.82, 2.24) is 14.9 Å². The van der Waals surface area contributed by atoms with Crippen molar-refractivity contribution in [2.45, 2.75) is 32.1 Å². The first-order valence-corrected chi connectivity index (χ1v) is 5.93. The number of likely N-dealkylation sites (tertiary alicyclic amines) is 1. The Bertz CT molecular complexity index is 372. The van der Waals surface area contributed by atoms with Crippen LogP contribution in [0, 0.1) is 0 Å². The van der Waals surface area contributed by atoms with Crippen molar-refractivity contribution in [3.05, 3.63) is 23.8 Å². The lowest BCUT2D eigenvalue weighted by Gasteiger charge is -2.32.